The molecule has 0 aliphatic heterocycles. The Morgan fingerprint density at radius 1 is 1.41 bits per heavy atom. The molecule has 0 bridgehead atoms. The molecule has 17 heavy (non-hydrogen) atoms. The van der Waals surface area contributed by atoms with Crippen LogP contribution in [0, 0.1) is 13.7 Å². The summed E-state index contributed by atoms with van der Waals surface area (Å²) in [5.41, 5.74) is -4.22. The van der Waals surface area contributed by atoms with Crippen molar-refractivity contribution in [3.63, 3.8) is 0 Å². The second-order valence-corrected chi connectivity index (χ2v) is 3.85. The fourth-order valence-electron chi connectivity index (χ4n) is 1.05. The summed E-state index contributed by atoms with van der Waals surface area (Å²) < 4.78 is 61.3. The number of rotatable bonds is 2. The number of alkyl halides is 5. The molecule has 0 spiro atoms. The Balaban J connectivity index is 3.59. The molecule has 4 nitrogen and oxygen atoms in total. The smallest absolute Gasteiger partial charge is 0.258 e. The van der Waals surface area contributed by atoms with Crippen molar-refractivity contribution in [3.8, 4) is 0 Å². The van der Waals surface area contributed by atoms with Gasteiger partial charge in [0.15, 0.2) is 0 Å². The van der Waals surface area contributed by atoms with Crippen molar-refractivity contribution in [3.05, 3.63) is 31.1 Å². The van der Waals surface area contributed by atoms with E-state index in [0.717, 1.165) is 22.6 Å². The molecule has 1 rings (SSSR count). The normalized spacial score (nSPS) is 11.9. The molecule has 0 aliphatic carbocycles. The van der Waals surface area contributed by atoms with Gasteiger partial charge in [-0.15, -0.1) is 0 Å². The highest BCUT2D eigenvalue weighted by Crippen LogP contribution is 2.40. The molecule has 0 saturated carbocycles. The van der Waals surface area contributed by atoms with Crippen molar-refractivity contribution in [2.24, 2.45) is 0 Å². The lowest BCUT2D eigenvalue weighted by molar-refractivity contribution is -0.386. The van der Waals surface area contributed by atoms with E-state index < -0.39 is 38.0 Å². The van der Waals surface area contributed by atoms with Crippen molar-refractivity contribution in [1.82, 2.24) is 4.98 Å². The second kappa shape index (κ2) is 4.66. The summed E-state index contributed by atoms with van der Waals surface area (Å²) in [5, 5.41) is 10.4. The summed E-state index contributed by atoms with van der Waals surface area (Å²) in [7, 11) is 0. The molecule has 0 N–H and O–H groups in total. The minimum atomic E-state index is -5.12. The topological polar surface area (TPSA) is 56.0 Å². The van der Waals surface area contributed by atoms with E-state index in [9.17, 15) is 32.1 Å². The van der Waals surface area contributed by atoms with Crippen molar-refractivity contribution < 1.29 is 26.9 Å². The van der Waals surface area contributed by atoms with Gasteiger partial charge in [-0.05, 0) is 22.6 Å². The molecule has 10 heteroatoms. The molecule has 94 valence electrons. The SMILES string of the molecule is O=[N+]([O-])c1cnc(C(F)F)c(C(F)(F)F)c1I. The molecule has 0 saturated heterocycles. The summed E-state index contributed by atoms with van der Waals surface area (Å²) >= 11 is 1.01. The largest absolute Gasteiger partial charge is 0.419 e. The lowest BCUT2D eigenvalue weighted by Crippen LogP contribution is -2.15. The summed E-state index contributed by atoms with van der Waals surface area (Å²) in [4.78, 5) is 12.1. The van der Waals surface area contributed by atoms with Crippen molar-refractivity contribution in [2.75, 3.05) is 0 Å². The van der Waals surface area contributed by atoms with E-state index >= 15 is 0 Å². The molecule has 1 aromatic rings. The maximum atomic E-state index is 12.5. The lowest BCUT2D eigenvalue weighted by atomic mass is 10.1. The monoisotopic (exact) mass is 368 g/mol. The van der Waals surface area contributed by atoms with Gasteiger partial charge in [0, 0.05) is 0 Å². The van der Waals surface area contributed by atoms with Crippen LogP contribution in [0.15, 0.2) is 6.20 Å². The van der Waals surface area contributed by atoms with Crippen molar-refractivity contribution in [2.45, 2.75) is 12.6 Å². The fourth-order valence-corrected chi connectivity index (χ4v) is 1.97. The Morgan fingerprint density at radius 3 is 2.29 bits per heavy atom. The molecule has 1 heterocycles. The average Bonchev–Trinajstić information content (AvgIpc) is 2.14. The number of halogens is 6. The molecular formula is C7H2F5IN2O2. The predicted octanol–water partition coefficient (Wildman–Crippen LogP) is 3.55. The molecule has 0 aromatic carbocycles. The first-order valence-corrected chi connectivity index (χ1v) is 4.92. The molecule has 0 radical (unpaired) electrons. The van der Waals surface area contributed by atoms with Gasteiger partial charge < -0.3 is 0 Å². The maximum Gasteiger partial charge on any atom is 0.419 e. The van der Waals surface area contributed by atoms with Gasteiger partial charge in [0.05, 0.1) is 4.92 Å². The third-order valence-corrected chi connectivity index (χ3v) is 2.81. The number of hydrogen-bond donors (Lipinski definition) is 0. The van der Waals surface area contributed by atoms with E-state index in [-0.39, 0.29) is 0 Å². The average molecular weight is 368 g/mol. The van der Waals surface area contributed by atoms with Crippen LogP contribution in [0.1, 0.15) is 17.7 Å². The van der Waals surface area contributed by atoms with E-state index in [0.29, 0.717) is 6.20 Å². The van der Waals surface area contributed by atoms with Crippen LogP contribution in [0.2, 0.25) is 0 Å². The Bertz CT molecular complexity index is 462. The van der Waals surface area contributed by atoms with Crippen LogP contribution < -0.4 is 0 Å². The highest BCUT2D eigenvalue weighted by Gasteiger charge is 2.41. The van der Waals surface area contributed by atoms with Crippen LogP contribution in [0.5, 0.6) is 0 Å². The summed E-state index contributed by atoms with van der Waals surface area (Å²) in [6.07, 6.45) is -8.19. The molecule has 0 aliphatic rings. The quantitative estimate of drug-likeness (QED) is 0.347. The molecule has 0 atom stereocenters. The van der Waals surface area contributed by atoms with Crippen LogP contribution in [0.4, 0.5) is 27.6 Å². The third-order valence-electron chi connectivity index (χ3n) is 1.71. The van der Waals surface area contributed by atoms with Crippen molar-refractivity contribution in [1.29, 1.82) is 0 Å². The summed E-state index contributed by atoms with van der Waals surface area (Å²) in [5.74, 6) is 0. The van der Waals surface area contributed by atoms with Gasteiger partial charge in [0.2, 0.25) is 0 Å². The third kappa shape index (κ3) is 2.79. The Hall–Kier alpha value is -1.07. The zero-order chi connectivity index (χ0) is 13.4. The van der Waals surface area contributed by atoms with E-state index in [1.807, 2.05) is 0 Å². The van der Waals surface area contributed by atoms with Crippen LogP contribution in [0.25, 0.3) is 0 Å². The number of hydrogen-bond acceptors (Lipinski definition) is 3. The summed E-state index contributed by atoms with van der Waals surface area (Å²) in [6, 6.07) is 0. The second-order valence-electron chi connectivity index (χ2n) is 2.77. The van der Waals surface area contributed by atoms with Crippen LogP contribution in [-0.2, 0) is 6.18 Å². The zero-order valence-electron chi connectivity index (χ0n) is 7.63. The standard InChI is InChI=1S/C7H2F5IN2O2/c8-6(9)5-3(7(10,11)12)4(13)2(1-14-5)15(16)17/h1,6H. The molecule has 1 aromatic heterocycles. The predicted molar refractivity (Wildman–Crippen MR) is 53.6 cm³/mol. The van der Waals surface area contributed by atoms with Crippen molar-refractivity contribution >= 4 is 28.3 Å². The van der Waals surface area contributed by atoms with Gasteiger partial charge >= 0.3 is 11.9 Å². The van der Waals surface area contributed by atoms with E-state index in [1.54, 1.807) is 0 Å². The molecule has 0 fully saturated rings. The van der Waals surface area contributed by atoms with Gasteiger partial charge in [-0.3, -0.25) is 10.1 Å². The first-order valence-electron chi connectivity index (χ1n) is 3.84. The minimum absolute atomic E-state index is 0.387. The van der Waals surface area contributed by atoms with Gasteiger partial charge in [0.25, 0.3) is 6.43 Å². The molecule has 0 unspecified atom stereocenters. The maximum absolute atomic E-state index is 12.5. The number of aromatic nitrogens is 1. The fraction of sp³-hybridized carbons (Fsp3) is 0.286. The van der Waals surface area contributed by atoms with Gasteiger partial charge in [-0.1, -0.05) is 0 Å². The van der Waals surface area contributed by atoms with Gasteiger partial charge in [-0.25, -0.2) is 13.8 Å². The van der Waals surface area contributed by atoms with E-state index in [2.05, 4.69) is 4.98 Å². The van der Waals surface area contributed by atoms with Crippen LogP contribution >= 0.6 is 22.6 Å². The molecule has 0 amide bonds. The summed E-state index contributed by atoms with van der Waals surface area (Å²) in [6.45, 7) is 0. The number of nitrogens with zero attached hydrogens (tertiary/aromatic N) is 2. The van der Waals surface area contributed by atoms with E-state index in [1.165, 1.54) is 0 Å². The van der Waals surface area contributed by atoms with Crippen LogP contribution in [-0.4, -0.2) is 9.91 Å². The number of pyridine rings is 1. The van der Waals surface area contributed by atoms with Gasteiger partial charge in [0.1, 0.15) is 21.0 Å². The highest BCUT2D eigenvalue weighted by atomic mass is 127. The zero-order valence-corrected chi connectivity index (χ0v) is 9.79. The van der Waals surface area contributed by atoms with Crippen LogP contribution in [0.3, 0.4) is 0 Å². The highest BCUT2D eigenvalue weighted by molar-refractivity contribution is 14.1. The number of nitro groups is 1. The first kappa shape index (κ1) is 14.0. The Morgan fingerprint density at radius 2 is 1.94 bits per heavy atom. The Kier molecular flexibility index (Phi) is 3.84. The van der Waals surface area contributed by atoms with E-state index in [4.69, 9.17) is 0 Å². The molecular weight excluding hydrogens is 366 g/mol. The first-order chi connectivity index (χ1) is 7.66. The minimum Gasteiger partial charge on any atom is -0.258 e. The Labute approximate surface area is 104 Å². The lowest BCUT2D eigenvalue weighted by Gasteiger charge is -2.13. The van der Waals surface area contributed by atoms with Gasteiger partial charge in [-0.2, -0.15) is 13.2 Å².